The number of carbonyl (C=O) groups excluding carboxylic acids is 1. The molecule has 4 nitrogen and oxygen atoms in total. The Bertz CT molecular complexity index is 714. The molecule has 0 aromatic heterocycles. The van der Waals surface area contributed by atoms with Gasteiger partial charge in [0.1, 0.15) is 5.75 Å². The van der Waals surface area contributed by atoms with Crippen LogP contribution in [0.4, 0.5) is 0 Å². The molecule has 24 heavy (non-hydrogen) atoms. The van der Waals surface area contributed by atoms with Gasteiger partial charge in [-0.25, -0.2) is 0 Å². The van der Waals surface area contributed by atoms with Crippen LogP contribution >= 0.6 is 0 Å². The van der Waals surface area contributed by atoms with Crippen LogP contribution in [0.25, 0.3) is 0 Å². The van der Waals surface area contributed by atoms with Crippen LogP contribution in [0.3, 0.4) is 0 Å². The van der Waals surface area contributed by atoms with Crippen molar-refractivity contribution in [3.63, 3.8) is 0 Å². The van der Waals surface area contributed by atoms with E-state index in [1.165, 1.54) is 0 Å². The molecule has 0 radical (unpaired) electrons. The molecule has 4 heteroatoms. The first-order chi connectivity index (χ1) is 11.7. The Morgan fingerprint density at radius 1 is 1.21 bits per heavy atom. The SMILES string of the molecule is CCOCc1ccccc1CNC(=O)C1CC1c1cccc(O)c1. The molecule has 2 N–H and O–H groups in total. The minimum Gasteiger partial charge on any atom is -0.508 e. The van der Waals surface area contributed by atoms with Crippen molar-refractivity contribution < 1.29 is 14.6 Å². The quantitative estimate of drug-likeness (QED) is 0.821. The molecule has 126 valence electrons. The van der Waals surface area contributed by atoms with E-state index in [-0.39, 0.29) is 23.5 Å². The molecule has 3 rings (SSSR count). The average molecular weight is 325 g/mol. The van der Waals surface area contributed by atoms with Gasteiger partial charge in [-0.3, -0.25) is 4.79 Å². The Morgan fingerprint density at radius 3 is 2.75 bits per heavy atom. The summed E-state index contributed by atoms with van der Waals surface area (Å²) in [7, 11) is 0. The van der Waals surface area contributed by atoms with E-state index in [1.54, 1.807) is 12.1 Å². The van der Waals surface area contributed by atoms with Gasteiger partial charge in [-0.2, -0.15) is 0 Å². The fourth-order valence-electron chi connectivity index (χ4n) is 3.00. The number of hydrogen-bond acceptors (Lipinski definition) is 3. The number of phenols is 1. The number of amides is 1. The first-order valence-electron chi connectivity index (χ1n) is 8.40. The Labute approximate surface area is 142 Å². The fourth-order valence-corrected chi connectivity index (χ4v) is 3.00. The number of carbonyl (C=O) groups is 1. The summed E-state index contributed by atoms with van der Waals surface area (Å²) < 4.78 is 5.48. The van der Waals surface area contributed by atoms with Crippen molar-refractivity contribution in [3.05, 3.63) is 65.2 Å². The number of ether oxygens (including phenoxy) is 1. The molecular formula is C20H23NO3. The summed E-state index contributed by atoms with van der Waals surface area (Å²) in [6.45, 7) is 3.73. The molecule has 0 spiro atoms. The first-order valence-corrected chi connectivity index (χ1v) is 8.40. The lowest BCUT2D eigenvalue weighted by Crippen LogP contribution is -2.25. The Balaban J connectivity index is 1.56. The molecule has 2 aromatic carbocycles. The van der Waals surface area contributed by atoms with Crippen molar-refractivity contribution in [1.29, 1.82) is 0 Å². The molecule has 0 saturated heterocycles. The third-order valence-corrected chi connectivity index (χ3v) is 4.46. The van der Waals surface area contributed by atoms with Gasteiger partial charge in [0, 0.05) is 19.1 Å². The van der Waals surface area contributed by atoms with E-state index in [0.29, 0.717) is 19.8 Å². The number of hydrogen-bond donors (Lipinski definition) is 2. The lowest BCUT2D eigenvalue weighted by atomic mass is 10.1. The second-order valence-corrected chi connectivity index (χ2v) is 6.17. The van der Waals surface area contributed by atoms with Crippen molar-refractivity contribution in [1.82, 2.24) is 5.32 Å². The van der Waals surface area contributed by atoms with Crippen LogP contribution in [0.1, 0.15) is 36.0 Å². The van der Waals surface area contributed by atoms with Gasteiger partial charge in [0.15, 0.2) is 0 Å². The lowest BCUT2D eigenvalue weighted by molar-refractivity contribution is -0.122. The summed E-state index contributed by atoms with van der Waals surface area (Å²) in [5.74, 6) is 0.555. The van der Waals surface area contributed by atoms with Crippen LogP contribution in [0.2, 0.25) is 0 Å². The molecule has 2 unspecified atom stereocenters. The van der Waals surface area contributed by atoms with Gasteiger partial charge in [0.05, 0.1) is 6.61 Å². The minimum absolute atomic E-state index is 0.00542. The summed E-state index contributed by atoms with van der Waals surface area (Å²) in [6.07, 6.45) is 0.843. The van der Waals surface area contributed by atoms with Crippen LogP contribution in [0, 0.1) is 5.92 Å². The maximum Gasteiger partial charge on any atom is 0.224 e. The van der Waals surface area contributed by atoms with Gasteiger partial charge in [-0.1, -0.05) is 36.4 Å². The average Bonchev–Trinajstić information content (AvgIpc) is 3.39. The van der Waals surface area contributed by atoms with Gasteiger partial charge in [-0.05, 0) is 48.1 Å². The van der Waals surface area contributed by atoms with Gasteiger partial charge in [-0.15, -0.1) is 0 Å². The predicted octanol–water partition coefficient (Wildman–Crippen LogP) is 3.35. The standard InChI is InChI=1S/C20H23NO3/c1-2-24-13-16-7-4-3-6-15(16)12-21-20(23)19-11-18(19)14-8-5-9-17(22)10-14/h3-10,18-19,22H,2,11-13H2,1H3,(H,21,23). The van der Waals surface area contributed by atoms with E-state index in [0.717, 1.165) is 23.1 Å². The zero-order valence-corrected chi connectivity index (χ0v) is 13.9. The highest BCUT2D eigenvalue weighted by molar-refractivity contribution is 5.82. The summed E-state index contributed by atoms with van der Waals surface area (Å²) in [5.41, 5.74) is 3.24. The van der Waals surface area contributed by atoms with E-state index in [9.17, 15) is 9.90 Å². The number of aromatic hydroxyl groups is 1. The zero-order valence-electron chi connectivity index (χ0n) is 13.9. The third-order valence-electron chi connectivity index (χ3n) is 4.46. The molecule has 1 saturated carbocycles. The van der Waals surface area contributed by atoms with Gasteiger partial charge < -0.3 is 15.2 Å². The highest BCUT2D eigenvalue weighted by Gasteiger charge is 2.43. The predicted molar refractivity (Wildman–Crippen MR) is 92.6 cm³/mol. The number of rotatable bonds is 7. The topological polar surface area (TPSA) is 58.6 Å². The van der Waals surface area contributed by atoms with E-state index < -0.39 is 0 Å². The van der Waals surface area contributed by atoms with Crippen molar-refractivity contribution in [2.75, 3.05) is 6.61 Å². The second-order valence-electron chi connectivity index (χ2n) is 6.17. The van der Waals surface area contributed by atoms with Gasteiger partial charge in [0.25, 0.3) is 0 Å². The maximum absolute atomic E-state index is 12.4. The molecule has 1 aliphatic carbocycles. The first kappa shape index (κ1) is 16.5. The smallest absolute Gasteiger partial charge is 0.224 e. The number of phenolic OH excluding ortho intramolecular Hbond substituents is 1. The van der Waals surface area contributed by atoms with E-state index in [1.807, 2.05) is 43.3 Å². The van der Waals surface area contributed by atoms with Crippen LogP contribution in [0.5, 0.6) is 5.75 Å². The molecule has 1 aliphatic rings. The van der Waals surface area contributed by atoms with Crippen molar-refractivity contribution in [2.24, 2.45) is 5.92 Å². The molecule has 0 aliphatic heterocycles. The normalized spacial score (nSPS) is 19.0. The van der Waals surface area contributed by atoms with E-state index >= 15 is 0 Å². The third kappa shape index (κ3) is 3.95. The summed E-state index contributed by atoms with van der Waals surface area (Å²) in [4.78, 5) is 12.4. The molecule has 2 aromatic rings. The van der Waals surface area contributed by atoms with Crippen molar-refractivity contribution in [2.45, 2.75) is 32.4 Å². The molecular weight excluding hydrogens is 302 g/mol. The van der Waals surface area contributed by atoms with Crippen molar-refractivity contribution >= 4 is 5.91 Å². The lowest BCUT2D eigenvalue weighted by Gasteiger charge is -2.11. The zero-order chi connectivity index (χ0) is 16.9. The monoisotopic (exact) mass is 325 g/mol. The van der Waals surface area contributed by atoms with E-state index in [2.05, 4.69) is 5.32 Å². The van der Waals surface area contributed by atoms with Crippen molar-refractivity contribution in [3.8, 4) is 5.75 Å². The molecule has 1 fully saturated rings. The minimum atomic E-state index is 0.00542. The van der Waals surface area contributed by atoms with Gasteiger partial charge >= 0.3 is 0 Å². The van der Waals surface area contributed by atoms with Gasteiger partial charge in [0.2, 0.25) is 5.91 Å². The Hall–Kier alpha value is -2.33. The maximum atomic E-state index is 12.4. The summed E-state index contributed by atoms with van der Waals surface area (Å²) >= 11 is 0. The highest BCUT2D eigenvalue weighted by atomic mass is 16.5. The Kier molecular flexibility index (Phi) is 5.16. The van der Waals surface area contributed by atoms with E-state index in [4.69, 9.17) is 4.74 Å². The van der Waals surface area contributed by atoms with Crippen LogP contribution in [-0.2, 0) is 22.7 Å². The molecule has 2 atom stereocenters. The number of benzene rings is 2. The highest BCUT2D eigenvalue weighted by Crippen LogP contribution is 2.48. The molecule has 0 bridgehead atoms. The largest absolute Gasteiger partial charge is 0.508 e. The second kappa shape index (κ2) is 7.49. The van der Waals surface area contributed by atoms with Crippen LogP contribution in [0.15, 0.2) is 48.5 Å². The molecule has 0 heterocycles. The fraction of sp³-hybridized carbons (Fsp3) is 0.350. The number of nitrogens with one attached hydrogen (secondary N) is 1. The molecule has 1 amide bonds. The van der Waals surface area contributed by atoms with Crippen LogP contribution in [-0.4, -0.2) is 17.6 Å². The van der Waals surface area contributed by atoms with Crippen LogP contribution < -0.4 is 5.32 Å². The summed E-state index contributed by atoms with van der Waals surface area (Å²) in [5, 5.41) is 12.6. The summed E-state index contributed by atoms with van der Waals surface area (Å²) in [6, 6.07) is 15.2. The Morgan fingerprint density at radius 2 is 2.00 bits per heavy atom.